The van der Waals surface area contributed by atoms with E-state index in [0.717, 1.165) is 37.9 Å². The number of aryl methyl sites for hydroxylation is 1. The molecule has 120 valence electrons. The number of rotatable bonds is 5. The molecule has 1 aromatic carbocycles. The summed E-state index contributed by atoms with van der Waals surface area (Å²) < 4.78 is 10.9. The van der Waals surface area contributed by atoms with Gasteiger partial charge in [0.15, 0.2) is 0 Å². The van der Waals surface area contributed by atoms with Crippen molar-refractivity contribution < 1.29 is 9.47 Å². The molecular formula is C20H25BO2. The van der Waals surface area contributed by atoms with E-state index >= 15 is 0 Å². The fourth-order valence-corrected chi connectivity index (χ4v) is 3.97. The van der Waals surface area contributed by atoms with Crippen LogP contribution in [-0.4, -0.2) is 28.2 Å². The van der Waals surface area contributed by atoms with Gasteiger partial charge in [0.25, 0.3) is 0 Å². The molecule has 0 spiro atoms. The van der Waals surface area contributed by atoms with Crippen molar-refractivity contribution in [3.63, 3.8) is 0 Å². The standard InChI is InChI=1S/C20H25BO2/c1-14-9-10-20(21)13-17(23-3)12-19(20)18(14)8-7-15-5-4-6-16(11-15)22-2/h4-6,9,11,17H,7-8,10,12-13H2,1-3H3/t17-,20+/m0/s1. The first-order valence-corrected chi connectivity index (χ1v) is 8.40. The predicted molar refractivity (Wildman–Crippen MR) is 95.2 cm³/mol. The van der Waals surface area contributed by atoms with Gasteiger partial charge in [0.2, 0.25) is 0 Å². The minimum Gasteiger partial charge on any atom is -0.497 e. The molecular weight excluding hydrogens is 283 g/mol. The Balaban J connectivity index is 1.81. The molecule has 23 heavy (non-hydrogen) atoms. The van der Waals surface area contributed by atoms with Gasteiger partial charge in [0, 0.05) is 7.11 Å². The Morgan fingerprint density at radius 1 is 1.26 bits per heavy atom. The van der Waals surface area contributed by atoms with E-state index in [2.05, 4.69) is 31.2 Å². The van der Waals surface area contributed by atoms with Crippen LogP contribution in [0.25, 0.3) is 0 Å². The van der Waals surface area contributed by atoms with Gasteiger partial charge in [-0.1, -0.05) is 29.4 Å². The Labute approximate surface area is 141 Å². The summed E-state index contributed by atoms with van der Waals surface area (Å²) in [5.41, 5.74) is 5.56. The zero-order valence-electron chi connectivity index (χ0n) is 14.4. The van der Waals surface area contributed by atoms with E-state index in [1.54, 1.807) is 14.2 Å². The van der Waals surface area contributed by atoms with Crippen LogP contribution in [0.5, 0.6) is 5.75 Å². The number of hydrogen-bond acceptors (Lipinski definition) is 2. The lowest BCUT2D eigenvalue weighted by molar-refractivity contribution is 0.107. The minimum atomic E-state index is -0.191. The van der Waals surface area contributed by atoms with E-state index in [1.165, 1.54) is 22.3 Å². The highest BCUT2D eigenvalue weighted by molar-refractivity contribution is 6.18. The topological polar surface area (TPSA) is 18.5 Å². The number of hydrogen-bond donors (Lipinski definition) is 0. The van der Waals surface area contributed by atoms with Crippen LogP contribution in [0.3, 0.4) is 0 Å². The highest BCUT2D eigenvalue weighted by atomic mass is 16.5. The van der Waals surface area contributed by atoms with Gasteiger partial charge < -0.3 is 9.47 Å². The largest absolute Gasteiger partial charge is 0.497 e. The lowest BCUT2D eigenvalue weighted by atomic mass is 9.59. The smallest absolute Gasteiger partial charge is 0.119 e. The van der Waals surface area contributed by atoms with Gasteiger partial charge in [-0.3, -0.25) is 0 Å². The highest BCUT2D eigenvalue weighted by Gasteiger charge is 2.41. The van der Waals surface area contributed by atoms with E-state index in [9.17, 15) is 0 Å². The molecule has 3 heteroatoms. The van der Waals surface area contributed by atoms with Gasteiger partial charge in [-0.15, -0.1) is 0 Å². The highest BCUT2D eigenvalue weighted by Crippen LogP contribution is 2.55. The summed E-state index contributed by atoms with van der Waals surface area (Å²) in [7, 11) is 10.2. The third-order valence-electron chi connectivity index (χ3n) is 5.37. The van der Waals surface area contributed by atoms with Gasteiger partial charge in [-0.25, -0.2) is 0 Å². The molecule has 2 aliphatic carbocycles. The van der Waals surface area contributed by atoms with Crippen LogP contribution < -0.4 is 4.74 Å². The maximum absolute atomic E-state index is 6.70. The van der Waals surface area contributed by atoms with Gasteiger partial charge in [0.1, 0.15) is 5.75 Å². The van der Waals surface area contributed by atoms with Crippen molar-refractivity contribution in [1.29, 1.82) is 0 Å². The number of methoxy groups -OCH3 is 2. The molecule has 0 unspecified atom stereocenters. The third-order valence-corrected chi connectivity index (χ3v) is 5.37. The Morgan fingerprint density at radius 2 is 2.09 bits per heavy atom. The number of ether oxygens (including phenoxy) is 2. The molecule has 0 heterocycles. The molecule has 1 aromatic rings. The zero-order chi connectivity index (χ0) is 16.4. The molecule has 0 aromatic heterocycles. The average Bonchev–Trinajstić information content (AvgIpc) is 2.91. The molecule has 0 amide bonds. The van der Waals surface area contributed by atoms with Crippen molar-refractivity contribution in [1.82, 2.24) is 0 Å². The summed E-state index contributed by atoms with van der Waals surface area (Å²) in [6.07, 6.45) is 7.46. The van der Waals surface area contributed by atoms with Gasteiger partial charge in [-0.2, -0.15) is 0 Å². The summed E-state index contributed by atoms with van der Waals surface area (Å²) in [6.45, 7) is 2.22. The molecule has 0 N–H and O–H groups in total. The van der Waals surface area contributed by atoms with E-state index in [-0.39, 0.29) is 11.4 Å². The first-order chi connectivity index (χ1) is 11.1. The second-order valence-electron chi connectivity index (χ2n) is 6.82. The van der Waals surface area contributed by atoms with E-state index in [4.69, 9.17) is 17.3 Å². The van der Waals surface area contributed by atoms with Crippen molar-refractivity contribution in [3.8, 4) is 5.75 Å². The molecule has 2 atom stereocenters. The average molecular weight is 308 g/mol. The summed E-state index contributed by atoms with van der Waals surface area (Å²) in [4.78, 5) is 0. The van der Waals surface area contributed by atoms with Crippen molar-refractivity contribution in [2.45, 2.75) is 50.4 Å². The molecule has 1 fully saturated rings. The molecule has 2 nitrogen and oxygen atoms in total. The van der Waals surface area contributed by atoms with Gasteiger partial charge in [-0.05, 0) is 67.6 Å². The van der Waals surface area contributed by atoms with Gasteiger partial charge >= 0.3 is 0 Å². The fraction of sp³-hybridized carbons (Fsp3) is 0.500. The SMILES string of the molecule is [B][C@@]12CC=C(C)C(CCc3cccc(OC)c3)=C1C[C@H](OC)C2. The monoisotopic (exact) mass is 308 g/mol. The molecule has 0 bridgehead atoms. The van der Waals surface area contributed by atoms with Crippen LogP contribution >= 0.6 is 0 Å². The molecule has 3 rings (SSSR count). The van der Waals surface area contributed by atoms with E-state index < -0.39 is 0 Å². The normalized spacial score (nSPS) is 26.9. The maximum atomic E-state index is 6.70. The Hall–Kier alpha value is -1.48. The van der Waals surface area contributed by atoms with Crippen LogP contribution in [-0.2, 0) is 11.2 Å². The first-order valence-electron chi connectivity index (χ1n) is 8.40. The lowest BCUT2D eigenvalue weighted by Gasteiger charge is -2.32. The Bertz CT molecular complexity index is 647. The minimum absolute atomic E-state index is 0.191. The van der Waals surface area contributed by atoms with Crippen molar-refractivity contribution in [2.24, 2.45) is 0 Å². The molecule has 0 aliphatic heterocycles. The van der Waals surface area contributed by atoms with Crippen LogP contribution in [0.2, 0.25) is 5.31 Å². The van der Waals surface area contributed by atoms with Crippen molar-refractivity contribution >= 4 is 7.85 Å². The van der Waals surface area contributed by atoms with Crippen LogP contribution in [0.4, 0.5) is 0 Å². The van der Waals surface area contributed by atoms with Crippen LogP contribution in [0.1, 0.15) is 38.2 Å². The first kappa shape index (κ1) is 16.4. The zero-order valence-corrected chi connectivity index (χ0v) is 14.4. The molecule has 2 radical (unpaired) electrons. The second-order valence-corrected chi connectivity index (χ2v) is 6.82. The van der Waals surface area contributed by atoms with Crippen molar-refractivity contribution in [3.05, 3.63) is 52.6 Å². The summed E-state index contributed by atoms with van der Waals surface area (Å²) in [5, 5.41) is -0.191. The lowest BCUT2D eigenvalue weighted by Crippen LogP contribution is -2.16. The fourth-order valence-electron chi connectivity index (χ4n) is 3.97. The third kappa shape index (κ3) is 3.25. The van der Waals surface area contributed by atoms with E-state index in [0.29, 0.717) is 0 Å². The number of allylic oxidation sites excluding steroid dienone is 3. The predicted octanol–water partition coefficient (Wildman–Crippen LogP) is 4.41. The Morgan fingerprint density at radius 3 is 2.83 bits per heavy atom. The number of benzene rings is 1. The number of fused-ring (bicyclic) bond motifs is 1. The quantitative estimate of drug-likeness (QED) is 0.750. The van der Waals surface area contributed by atoms with Crippen molar-refractivity contribution in [2.75, 3.05) is 14.2 Å². The van der Waals surface area contributed by atoms with Crippen LogP contribution in [0, 0.1) is 0 Å². The molecule has 2 aliphatic rings. The maximum Gasteiger partial charge on any atom is 0.119 e. The molecule has 0 saturated heterocycles. The second kappa shape index (κ2) is 6.56. The Kier molecular flexibility index (Phi) is 4.68. The summed E-state index contributed by atoms with van der Waals surface area (Å²) >= 11 is 0. The van der Waals surface area contributed by atoms with Crippen LogP contribution in [0.15, 0.2) is 47.1 Å². The molecule has 1 saturated carbocycles. The van der Waals surface area contributed by atoms with Gasteiger partial charge in [0.05, 0.1) is 21.1 Å². The van der Waals surface area contributed by atoms with E-state index in [1.807, 2.05) is 6.07 Å². The summed E-state index contributed by atoms with van der Waals surface area (Å²) in [5.74, 6) is 0.921. The summed E-state index contributed by atoms with van der Waals surface area (Å²) in [6, 6.07) is 8.33.